The molecule has 200 valence electrons. The van der Waals surface area contributed by atoms with Gasteiger partial charge in [-0.15, -0.1) is 0 Å². The Bertz CT molecular complexity index is 1770. The third-order valence-corrected chi connectivity index (χ3v) is 9.55. The molecule has 0 radical (unpaired) electrons. The zero-order valence-corrected chi connectivity index (χ0v) is 23.8. The van der Waals surface area contributed by atoms with Crippen molar-refractivity contribution in [2.45, 2.75) is 44.3 Å². The summed E-state index contributed by atoms with van der Waals surface area (Å²) in [4.78, 5) is 7.36. The summed E-state index contributed by atoms with van der Waals surface area (Å²) in [7, 11) is -0.450. The predicted octanol–water partition coefficient (Wildman–Crippen LogP) is 7.53. The minimum atomic E-state index is -0.545. The number of nitrogens with zero attached hydrogens (tertiary/aromatic N) is 2. The summed E-state index contributed by atoms with van der Waals surface area (Å²) < 4.78 is 13.1. The molecular weight excluding hydrogens is 503 g/mol. The van der Waals surface area contributed by atoms with Crippen molar-refractivity contribution < 1.29 is 9.31 Å². The molecule has 0 saturated carbocycles. The minimum absolute atomic E-state index is 0.418. The van der Waals surface area contributed by atoms with Crippen LogP contribution >= 0.6 is 0 Å². The van der Waals surface area contributed by atoms with Crippen LogP contribution < -0.4 is 10.4 Å². The van der Waals surface area contributed by atoms with Gasteiger partial charge in [-0.2, -0.15) is 0 Å². The van der Waals surface area contributed by atoms with Crippen molar-refractivity contribution in [2.75, 3.05) is 4.90 Å². The maximum atomic E-state index is 6.53. The van der Waals surface area contributed by atoms with Crippen LogP contribution in [0, 0.1) is 0 Å². The zero-order chi connectivity index (χ0) is 28.0. The van der Waals surface area contributed by atoms with E-state index in [4.69, 9.17) is 14.3 Å². The summed E-state index contributed by atoms with van der Waals surface area (Å²) in [5.41, 5.74) is 10.2. The van der Waals surface area contributed by atoms with E-state index in [1.54, 1.807) is 0 Å². The summed E-state index contributed by atoms with van der Waals surface area (Å²) in [6.45, 7) is 8.42. The molecule has 0 unspecified atom stereocenters. The second kappa shape index (κ2) is 8.42. The molecule has 1 saturated heterocycles. The van der Waals surface area contributed by atoms with E-state index in [1.807, 2.05) is 6.20 Å². The number of anilines is 3. The highest BCUT2D eigenvalue weighted by atomic mass is 16.7. The van der Waals surface area contributed by atoms with Crippen LogP contribution in [0.25, 0.3) is 11.3 Å². The molecule has 1 aliphatic carbocycles. The number of fused-ring (bicyclic) bond motifs is 9. The standard InChI is InChI=1S/C36H31BN2O2/c1-34(2)35(3,4)41-37(40-34)24-20-21-26-30(23-24)36(29-17-12-22-38-33(26)29)27-15-8-10-18-31(27)39(25-13-6-5-7-14-25)32-19-11-9-16-28(32)36/h5-23H,1-4H3. The normalized spacial score (nSPS) is 18.5. The fourth-order valence-corrected chi connectivity index (χ4v) is 6.95. The van der Waals surface area contributed by atoms with Crippen molar-refractivity contribution in [3.05, 3.63) is 138 Å². The number of rotatable bonds is 2. The van der Waals surface area contributed by atoms with Crippen LogP contribution in [0.15, 0.2) is 115 Å². The lowest BCUT2D eigenvalue weighted by Crippen LogP contribution is -2.41. The van der Waals surface area contributed by atoms with Gasteiger partial charge in [0.15, 0.2) is 0 Å². The Morgan fingerprint density at radius 3 is 1.85 bits per heavy atom. The van der Waals surface area contributed by atoms with Crippen LogP contribution in [-0.2, 0) is 14.7 Å². The SMILES string of the molecule is CC1(C)OB(c2ccc3c(c2)C2(c4ccccc4N(c4ccccc4)c4ccccc42)c2cccnc2-3)OC1(C)C. The van der Waals surface area contributed by atoms with Crippen molar-refractivity contribution in [1.29, 1.82) is 0 Å². The van der Waals surface area contributed by atoms with Crippen LogP contribution in [0.1, 0.15) is 49.9 Å². The smallest absolute Gasteiger partial charge is 0.399 e. The number of hydrogen-bond donors (Lipinski definition) is 0. The van der Waals surface area contributed by atoms with E-state index in [1.165, 1.54) is 33.6 Å². The molecule has 5 heteroatoms. The first-order chi connectivity index (χ1) is 19.8. The van der Waals surface area contributed by atoms with E-state index >= 15 is 0 Å². The molecule has 8 rings (SSSR count). The largest absolute Gasteiger partial charge is 0.494 e. The molecule has 0 atom stereocenters. The maximum absolute atomic E-state index is 6.53. The number of pyridine rings is 1. The Labute approximate surface area is 241 Å². The molecular formula is C36H31BN2O2. The average Bonchev–Trinajstić information content (AvgIpc) is 3.40. The average molecular weight is 534 g/mol. The Morgan fingerprint density at radius 1 is 0.610 bits per heavy atom. The quantitative estimate of drug-likeness (QED) is 0.215. The van der Waals surface area contributed by atoms with Gasteiger partial charge in [-0.05, 0) is 85.7 Å². The first-order valence-corrected chi connectivity index (χ1v) is 14.3. The van der Waals surface area contributed by atoms with Crippen LogP contribution in [0.5, 0.6) is 0 Å². The van der Waals surface area contributed by atoms with Gasteiger partial charge in [-0.1, -0.05) is 78.9 Å². The Morgan fingerprint density at radius 2 is 1.20 bits per heavy atom. The number of para-hydroxylation sites is 3. The molecule has 5 aromatic rings. The molecule has 41 heavy (non-hydrogen) atoms. The molecule has 0 N–H and O–H groups in total. The van der Waals surface area contributed by atoms with Gasteiger partial charge in [0.25, 0.3) is 0 Å². The second-order valence-corrected chi connectivity index (χ2v) is 12.2. The molecule has 2 aliphatic heterocycles. The number of benzene rings is 4. The molecule has 3 aliphatic rings. The Hall–Kier alpha value is -4.19. The van der Waals surface area contributed by atoms with Crippen LogP contribution in [0.3, 0.4) is 0 Å². The Balaban J connectivity index is 1.44. The highest BCUT2D eigenvalue weighted by molar-refractivity contribution is 6.62. The summed E-state index contributed by atoms with van der Waals surface area (Å²) in [6.07, 6.45) is 1.90. The van der Waals surface area contributed by atoms with Crippen LogP contribution in [0.4, 0.5) is 17.1 Å². The molecule has 0 bridgehead atoms. The minimum Gasteiger partial charge on any atom is -0.399 e. The first kappa shape index (κ1) is 24.6. The number of aromatic nitrogens is 1. The van der Waals surface area contributed by atoms with E-state index in [0.29, 0.717) is 0 Å². The Kier molecular flexibility index (Phi) is 5.05. The van der Waals surface area contributed by atoms with Gasteiger partial charge in [0.2, 0.25) is 0 Å². The molecule has 3 heterocycles. The summed E-state index contributed by atoms with van der Waals surface area (Å²) in [5, 5.41) is 0. The van der Waals surface area contributed by atoms with Crippen molar-refractivity contribution in [3.63, 3.8) is 0 Å². The van der Waals surface area contributed by atoms with Crippen molar-refractivity contribution in [3.8, 4) is 11.3 Å². The van der Waals surface area contributed by atoms with E-state index in [-0.39, 0.29) is 0 Å². The third kappa shape index (κ3) is 3.22. The van der Waals surface area contributed by atoms with Crippen LogP contribution in [-0.4, -0.2) is 23.3 Å². The lowest BCUT2D eigenvalue weighted by molar-refractivity contribution is 0.00578. The third-order valence-electron chi connectivity index (χ3n) is 9.55. The van der Waals surface area contributed by atoms with Crippen molar-refractivity contribution >= 4 is 29.6 Å². The van der Waals surface area contributed by atoms with Crippen molar-refractivity contribution in [2.24, 2.45) is 0 Å². The highest BCUT2D eigenvalue weighted by Crippen LogP contribution is 2.62. The van der Waals surface area contributed by atoms with Gasteiger partial charge in [0.05, 0.1) is 33.7 Å². The van der Waals surface area contributed by atoms with E-state index in [9.17, 15) is 0 Å². The highest BCUT2D eigenvalue weighted by Gasteiger charge is 2.55. The van der Waals surface area contributed by atoms with Gasteiger partial charge in [-0.25, -0.2) is 0 Å². The van der Waals surface area contributed by atoms with Gasteiger partial charge in [0.1, 0.15) is 0 Å². The number of hydrogen-bond acceptors (Lipinski definition) is 4. The summed E-state index contributed by atoms with van der Waals surface area (Å²) in [6, 6.07) is 39.3. The molecule has 1 aromatic heterocycles. The topological polar surface area (TPSA) is 34.6 Å². The molecule has 1 spiro atoms. The molecule has 0 amide bonds. The van der Waals surface area contributed by atoms with Gasteiger partial charge < -0.3 is 14.2 Å². The van der Waals surface area contributed by atoms with E-state index in [0.717, 1.165) is 22.4 Å². The van der Waals surface area contributed by atoms with E-state index in [2.05, 4.69) is 142 Å². The van der Waals surface area contributed by atoms with Gasteiger partial charge in [-0.3, -0.25) is 4.98 Å². The second-order valence-electron chi connectivity index (χ2n) is 12.2. The molecule has 1 fully saturated rings. The van der Waals surface area contributed by atoms with E-state index < -0.39 is 23.7 Å². The fourth-order valence-electron chi connectivity index (χ4n) is 6.95. The lowest BCUT2D eigenvalue weighted by atomic mass is 9.63. The molecule has 4 nitrogen and oxygen atoms in total. The first-order valence-electron chi connectivity index (χ1n) is 14.3. The van der Waals surface area contributed by atoms with Gasteiger partial charge in [0, 0.05) is 17.4 Å². The summed E-state index contributed by atoms with van der Waals surface area (Å²) >= 11 is 0. The van der Waals surface area contributed by atoms with Gasteiger partial charge >= 0.3 is 7.12 Å². The predicted molar refractivity (Wildman–Crippen MR) is 165 cm³/mol. The lowest BCUT2D eigenvalue weighted by Gasteiger charge is -2.45. The van der Waals surface area contributed by atoms with Crippen LogP contribution in [0.2, 0.25) is 0 Å². The molecule has 4 aromatic carbocycles. The fraction of sp³-hybridized carbons (Fsp3) is 0.194. The summed E-state index contributed by atoms with van der Waals surface area (Å²) in [5.74, 6) is 0. The maximum Gasteiger partial charge on any atom is 0.494 e. The monoisotopic (exact) mass is 534 g/mol. The van der Waals surface area contributed by atoms with Crippen molar-refractivity contribution in [1.82, 2.24) is 4.98 Å². The zero-order valence-electron chi connectivity index (χ0n) is 23.8.